The van der Waals surface area contributed by atoms with E-state index in [9.17, 15) is 4.79 Å². The van der Waals surface area contributed by atoms with Crippen LogP contribution in [0.3, 0.4) is 0 Å². The van der Waals surface area contributed by atoms with Crippen molar-refractivity contribution in [2.24, 2.45) is 5.73 Å². The van der Waals surface area contributed by atoms with E-state index in [2.05, 4.69) is 6.92 Å². The summed E-state index contributed by atoms with van der Waals surface area (Å²) >= 11 is 0. The summed E-state index contributed by atoms with van der Waals surface area (Å²) in [6.45, 7) is 4.09. The Labute approximate surface area is 103 Å². The summed E-state index contributed by atoms with van der Waals surface area (Å²) < 4.78 is 5.39. The van der Waals surface area contributed by atoms with E-state index in [0.717, 1.165) is 24.8 Å². The normalized spacial score (nSPS) is 14.1. The number of nitrogens with two attached hydrogens (primary N) is 1. The lowest BCUT2D eigenvalue weighted by Gasteiger charge is -2.18. The molecule has 17 heavy (non-hydrogen) atoms. The number of hydrogen-bond donors (Lipinski definition) is 1. The first-order chi connectivity index (χ1) is 8.19. The van der Waals surface area contributed by atoms with Crippen LogP contribution in [0, 0.1) is 0 Å². The lowest BCUT2D eigenvalue weighted by molar-refractivity contribution is -0.151. The molecule has 0 aliphatic rings. The van der Waals surface area contributed by atoms with Crippen molar-refractivity contribution in [3.8, 4) is 0 Å². The maximum absolute atomic E-state index is 11.8. The highest BCUT2D eigenvalue weighted by atomic mass is 16.5. The minimum absolute atomic E-state index is 0.0118. The molecule has 0 aliphatic heterocycles. The number of hydrogen-bond acceptors (Lipinski definition) is 3. The van der Waals surface area contributed by atoms with Crippen LogP contribution in [0.2, 0.25) is 0 Å². The number of carbonyl (C=O) groups excluding carboxylic acids is 1. The molecule has 1 unspecified atom stereocenters. The van der Waals surface area contributed by atoms with Crippen LogP contribution in [0.25, 0.3) is 0 Å². The van der Waals surface area contributed by atoms with Gasteiger partial charge in [-0.25, -0.2) is 4.79 Å². The molecule has 0 saturated carbocycles. The monoisotopic (exact) mass is 235 g/mol. The van der Waals surface area contributed by atoms with E-state index in [-0.39, 0.29) is 12.1 Å². The Kier molecular flexibility index (Phi) is 5.70. The standard InChI is InChI=1S/C14H21NO2/c1-3-8-12(4-2)17-14(16)13(15)11-9-6-5-7-10-11/h5-7,9-10,12-13H,3-4,8,15H2,1-2H3/t12?,13-/m0/s1. The molecule has 0 bridgehead atoms. The molecule has 0 heterocycles. The van der Waals surface area contributed by atoms with Gasteiger partial charge in [-0.1, -0.05) is 50.6 Å². The Morgan fingerprint density at radius 1 is 1.29 bits per heavy atom. The van der Waals surface area contributed by atoms with Crippen molar-refractivity contribution in [3.05, 3.63) is 35.9 Å². The van der Waals surface area contributed by atoms with Crippen molar-refractivity contribution in [1.29, 1.82) is 0 Å². The fourth-order valence-electron chi connectivity index (χ4n) is 1.70. The minimum atomic E-state index is -0.679. The minimum Gasteiger partial charge on any atom is -0.461 e. The molecule has 0 radical (unpaired) electrons. The van der Waals surface area contributed by atoms with Crippen LogP contribution < -0.4 is 5.73 Å². The number of rotatable bonds is 6. The SMILES string of the molecule is CCCC(CC)OC(=O)[C@@H](N)c1ccccc1. The van der Waals surface area contributed by atoms with E-state index < -0.39 is 6.04 Å². The quantitative estimate of drug-likeness (QED) is 0.771. The van der Waals surface area contributed by atoms with E-state index in [1.54, 1.807) is 0 Å². The fraction of sp³-hybridized carbons (Fsp3) is 0.500. The zero-order valence-corrected chi connectivity index (χ0v) is 10.6. The van der Waals surface area contributed by atoms with Crippen molar-refractivity contribution < 1.29 is 9.53 Å². The van der Waals surface area contributed by atoms with Crippen LogP contribution in [-0.4, -0.2) is 12.1 Å². The molecular formula is C14H21NO2. The Morgan fingerprint density at radius 3 is 2.47 bits per heavy atom. The third-order valence-electron chi connectivity index (χ3n) is 2.76. The third-order valence-corrected chi connectivity index (χ3v) is 2.76. The topological polar surface area (TPSA) is 52.3 Å². The average Bonchev–Trinajstić information content (AvgIpc) is 2.38. The fourth-order valence-corrected chi connectivity index (χ4v) is 1.70. The highest BCUT2D eigenvalue weighted by Crippen LogP contribution is 2.14. The van der Waals surface area contributed by atoms with Gasteiger partial charge in [0, 0.05) is 0 Å². The zero-order chi connectivity index (χ0) is 12.7. The van der Waals surface area contributed by atoms with E-state index in [1.165, 1.54) is 0 Å². The molecule has 1 aromatic rings. The Hall–Kier alpha value is -1.35. The van der Waals surface area contributed by atoms with Crippen molar-refractivity contribution in [2.45, 2.75) is 45.3 Å². The van der Waals surface area contributed by atoms with Gasteiger partial charge in [-0.3, -0.25) is 0 Å². The van der Waals surface area contributed by atoms with Gasteiger partial charge in [0.25, 0.3) is 0 Å². The lowest BCUT2D eigenvalue weighted by atomic mass is 10.1. The van der Waals surface area contributed by atoms with Crippen LogP contribution in [0.4, 0.5) is 0 Å². The highest BCUT2D eigenvalue weighted by molar-refractivity contribution is 5.77. The van der Waals surface area contributed by atoms with Gasteiger partial charge in [0.1, 0.15) is 12.1 Å². The molecule has 0 fully saturated rings. The van der Waals surface area contributed by atoms with Gasteiger partial charge >= 0.3 is 5.97 Å². The van der Waals surface area contributed by atoms with Gasteiger partial charge in [-0.2, -0.15) is 0 Å². The molecule has 1 aromatic carbocycles. The Morgan fingerprint density at radius 2 is 1.94 bits per heavy atom. The first-order valence-corrected chi connectivity index (χ1v) is 6.20. The molecule has 94 valence electrons. The molecule has 1 rings (SSSR count). The largest absolute Gasteiger partial charge is 0.461 e. The van der Waals surface area contributed by atoms with E-state index in [4.69, 9.17) is 10.5 Å². The molecule has 0 aliphatic carbocycles. The Bertz CT molecular complexity index is 337. The van der Waals surface area contributed by atoms with E-state index >= 15 is 0 Å². The smallest absolute Gasteiger partial charge is 0.327 e. The van der Waals surface area contributed by atoms with Crippen molar-refractivity contribution >= 4 is 5.97 Å². The highest BCUT2D eigenvalue weighted by Gasteiger charge is 2.20. The van der Waals surface area contributed by atoms with Gasteiger partial charge in [0.2, 0.25) is 0 Å². The molecule has 2 N–H and O–H groups in total. The summed E-state index contributed by atoms with van der Waals surface area (Å²) in [6, 6.07) is 8.63. The van der Waals surface area contributed by atoms with Gasteiger partial charge in [0.15, 0.2) is 0 Å². The van der Waals surface area contributed by atoms with Gasteiger partial charge in [0.05, 0.1) is 0 Å². The van der Waals surface area contributed by atoms with E-state index in [1.807, 2.05) is 37.3 Å². The van der Waals surface area contributed by atoms with Crippen LogP contribution >= 0.6 is 0 Å². The summed E-state index contributed by atoms with van der Waals surface area (Å²) in [5.74, 6) is -0.337. The number of ether oxygens (including phenoxy) is 1. The second-order valence-electron chi connectivity index (χ2n) is 4.14. The van der Waals surface area contributed by atoms with Crippen molar-refractivity contribution in [1.82, 2.24) is 0 Å². The summed E-state index contributed by atoms with van der Waals surface area (Å²) in [6.07, 6.45) is 2.72. The molecule has 3 heteroatoms. The van der Waals surface area contributed by atoms with Crippen LogP contribution in [0.1, 0.15) is 44.7 Å². The maximum Gasteiger partial charge on any atom is 0.327 e. The van der Waals surface area contributed by atoms with Crippen molar-refractivity contribution in [2.75, 3.05) is 0 Å². The first-order valence-electron chi connectivity index (χ1n) is 6.20. The summed E-state index contributed by atoms with van der Waals surface area (Å²) in [5.41, 5.74) is 6.66. The molecule has 0 saturated heterocycles. The average molecular weight is 235 g/mol. The second kappa shape index (κ2) is 7.07. The predicted octanol–water partition coefficient (Wildman–Crippen LogP) is 2.81. The molecule has 0 aromatic heterocycles. The van der Waals surface area contributed by atoms with Gasteiger partial charge in [-0.05, 0) is 18.4 Å². The lowest BCUT2D eigenvalue weighted by Crippen LogP contribution is -2.27. The molecule has 2 atom stereocenters. The first kappa shape index (κ1) is 13.7. The van der Waals surface area contributed by atoms with Crippen LogP contribution in [0.5, 0.6) is 0 Å². The molecule has 3 nitrogen and oxygen atoms in total. The van der Waals surface area contributed by atoms with Gasteiger partial charge in [-0.15, -0.1) is 0 Å². The van der Waals surface area contributed by atoms with Crippen molar-refractivity contribution in [3.63, 3.8) is 0 Å². The number of benzene rings is 1. The Balaban J connectivity index is 2.58. The van der Waals surface area contributed by atoms with Crippen LogP contribution in [0.15, 0.2) is 30.3 Å². The zero-order valence-electron chi connectivity index (χ0n) is 10.6. The molecule has 0 spiro atoms. The second-order valence-corrected chi connectivity index (χ2v) is 4.14. The maximum atomic E-state index is 11.8. The van der Waals surface area contributed by atoms with Crippen LogP contribution in [-0.2, 0) is 9.53 Å². The number of carbonyl (C=O) groups is 1. The molecular weight excluding hydrogens is 214 g/mol. The van der Waals surface area contributed by atoms with E-state index in [0.29, 0.717) is 0 Å². The summed E-state index contributed by atoms with van der Waals surface area (Å²) in [4.78, 5) is 11.8. The third kappa shape index (κ3) is 4.19. The summed E-state index contributed by atoms with van der Waals surface area (Å²) in [7, 11) is 0. The van der Waals surface area contributed by atoms with Gasteiger partial charge < -0.3 is 10.5 Å². The molecule has 0 amide bonds. The predicted molar refractivity (Wildman–Crippen MR) is 68.4 cm³/mol. The summed E-state index contributed by atoms with van der Waals surface area (Å²) in [5, 5.41) is 0. The number of esters is 1.